The summed E-state index contributed by atoms with van der Waals surface area (Å²) in [4.78, 5) is 10.8. The lowest BCUT2D eigenvalue weighted by Crippen LogP contribution is -2.07. The summed E-state index contributed by atoms with van der Waals surface area (Å²) in [6.45, 7) is 3.75. The normalized spacial score (nSPS) is 25.5. The molecule has 0 aromatic heterocycles. The van der Waals surface area contributed by atoms with Crippen molar-refractivity contribution in [2.24, 2.45) is 0 Å². The first-order chi connectivity index (χ1) is 4.66. The zero-order valence-electron chi connectivity index (χ0n) is 5.98. The molecule has 0 spiro atoms. The van der Waals surface area contributed by atoms with Crippen molar-refractivity contribution < 1.29 is 9.53 Å². The molecule has 0 saturated heterocycles. The van der Waals surface area contributed by atoms with E-state index < -0.39 is 0 Å². The summed E-state index contributed by atoms with van der Waals surface area (Å²) in [5.74, 6) is -0.196. The van der Waals surface area contributed by atoms with Crippen LogP contribution < -0.4 is 0 Å². The van der Waals surface area contributed by atoms with Crippen LogP contribution in [-0.2, 0) is 9.53 Å². The van der Waals surface area contributed by atoms with E-state index in [-0.39, 0.29) is 12.1 Å². The van der Waals surface area contributed by atoms with Crippen LogP contribution in [0.5, 0.6) is 0 Å². The molecule has 1 aliphatic heterocycles. The van der Waals surface area contributed by atoms with Gasteiger partial charge < -0.3 is 4.74 Å². The van der Waals surface area contributed by atoms with Gasteiger partial charge in [0.25, 0.3) is 0 Å². The average molecular weight is 205 g/mol. The maximum absolute atomic E-state index is 10.8. The Kier molecular flexibility index (Phi) is 2.14. The van der Waals surface area contributed by atoms with Gasteiger partial charge in [0.1, 0.15) is 6.10 Å². The van der Waals surface area contributed by atoms with Gasteiger partial charge in [-0.2, -0.15) is 0 Å². The molecule has 0 aromatic rings. The lowest BCUT2D eigenvalue weighted by molar-refractivity contribution is -0.139. The molecule has 56 valence electrons. The number of carbonyl (C=O) groups is 1. The fourth-order valence-electron chi connectivity index (χ4n) is 0.871. The quantitative estimate of drug-likeness (QED) is 0.612. The Morgan fingerprint density at radius 1 is 1.70 bits per heavy atom. The van der Waals surface area contributed by atoms with Crippen molar-refractivity contribution >= 4 is 21.9 Å². The van der Waals surface area contributed by atoms with Crippen LogP contribution in [0, 0.1) is 0 Å². The van der Waals surface area contributed by atoms with E-state index in [9.17, 15) is 4.79 Å². The number of ether oxygens (including phenoxy) is 1. The minimum absolute atomic E-state index is 0.0347. The predicted molar refractivity (Wildman–Crippen MR) is 41.8 cm³/mol. The summed E-state index contributed by atoms with van der Waals surface area (Å²) >= 11 is 3.30. The van der Waals surface area contributed by atoms with Gasteiger partial charge >= 0.3 is 5.97 Å². The first-order valence-corrected chi connectivity index (χ1v) is 4.03. The Balaban J connectivity index is 2.83. The van der Waals surface area contributed by atoms with Crippen LogP contribution in [0.25, 0.3) is 0 Å². The second kappa shape index (κ2) is 2.74. The third kappa shape index (κ3) is 1.10. The fraction of sp³-hybridized carbons (Fsp3) is 0.571. The Morgan fingerprint density at radius 3 is 2.50 bits per heavy atom. The van der Waals surface area contributed by atoms with Crippen LogP contribution in [0.15, 0.2) is 10.1 Å². The van der Waals surface area contributed by atoms with E-state index in [2.05, 4.69) is 15.9 Å². The standard InChI is InChI=1S/C7H9BrO2/c1-3-5-6(8)4(2)7(9)10-5/h5H,3H2,1-2H3. The molecular formula is C7H9BrO2. The van der Waals surface area contributed by atoms with Crippen molar-refractivity contribution in [2.45, 2.75) is 26.4 Å². The van der Waals surface area contributed by atoms with E-state index in [1.807, 2.05) is 6.92 Å². The molecule has 0 N–H and O–H groups in total. The van der Waals surface area contributed by atoms with Crippen molar-refractivity contribution in [1.29, 1.82) is 0 Å². The molecule has 2 nitrogen and oxygen atoms in total. The molecule has 10 heavy (non-hydrogen) atoms. The fourth-order valence-corrected chi connectivity index (χ4v) is 1.45. The Bertz CT molecular complexity index is 196. The molecule has 1 unspecified atom stereocenters. The van der Waals surface area contributed by atoms with Crippen molar-refractivity contribution in [3.8, 4) is 0 Å². The third-order valence-corrected chi connectivity index (χ3v) is 2.67. The van der Waals surface area contributed by atoms with Gasteiger partial charge in [-0.05, 0) is 13.3 Å². The molecule has 1 aliphatic rings. The minimum atomic E-state index is -0.196. The van der Waals surface area contributed by atoms with E-state index in [1.54, 1.807) is 6.92 Å². The van der Waals surface area contributed by atoms with Gasteiger partial charge in [-0.25, -0.2) is 4.79 Å². The molecule has 1 atom stereocenters. The van der Waals surface area contributed by atoms with Gasteiger partial charge in [0.15, 0.2) is 0 Å². The molecule has 0 fully saturated rings. The highest BCUT2D eigenvalue weighted by molar-refractivity contribution is 9.11. The molecular weight excluding hydrogens is 196 g/mol. The minimum Gasteiger partial charge on any atom is -0.454 e. The Labute approximate surface area is 68.4 Å². The lowest BCUT2D eigenvalue weighted by atomic mass is 10.2. The van der Waals surface area contributed by atoms with Crippen molar-refractivity contribution in [3.05, 3.63) is 10.1 Å². The van der Waals surface area contributed by atoms with Crippen molar-refractivity contribution in [1.82, 2.24) is 0 Å². The second-order valence-corrected chi connectivity index (χ2v) is 3.13. The van der Waals surface area contributed by atoms with Crippen molar-refractivity contribution in [2.75, 3.05) is 0 Å². The number of esters is 1. The van der Waals surface area contributed by atoms with Crippen LogP contribution in [-0.4, -0.2) is 12.1 Å². The summed E-state index contributed by atoms with van der Waals surface area (Å²) in [6.07, 6.45) is 0.802. The van der Waals surface area contributed by atoms with E-state index >= 15 is 0 Å². The van der Waals surface area contributed by atoms with Crippen LogP contribution >= 0.6 is 15.9 Å². The molecule has 0 bridgehead atoms. The second-order valence-electron chi connectivity index (χ2n) is 2.28. The average Bonchev–Trinajstić information content (AvgIpc) is 2.17. The van der Waals surface area contributed by atoms with Gasteiger partial charge in [-0.1, -0.05) is 22.9 Å². The van der Waals surface area contributed by atoms with E-state index in [0.717, 1.165) is 10.9 Å². The highest BCUT2D eigenvalue weighted by atomic mass is 79.9. The summed E-state index contributed by atoms with van der Waals surface area (Å²) in [5.41, 5.74) is 0.701. The predicted octanol–water partition coefficient (Wildman–Crippen LogP) is 1.99. The molecule has 0 radical (unpaired) electrons. The van der Waals surface area contributed by atoms with E-state index in [0.29, 0.717) is 5.57 Å². The smallest absolute Gasteiger partial charge is 0.335 e. The van der Waals surface area contributed by atoms with E-state index in [1.165, 1.54) is 0 Å². The van der Waals surface area contributed by atoms with Crippen LogP contribution in [0.3, 0.4) is 0 Å². The number of carbonyl (C=O) groups excluding carboxylic acids is 1. The molecule has 1 rings (SSSR count). The SMILES string of the molecule is CCC1OC(=O)C(C)=C1Br. The maximum Gasteiger partial charge on any atom is 0.335 e. The largest absolute Gasteiger partial charge is 0.454 e. The highest BCUT2D eigenvalue weighted by Crippen LogP contribution is 2.28. The lowest BCUT2D eigenvalue weighted by Gasteiger charge is -2.04. The van der Waals surface area contributed by atoms with Crippen LogP contribution in [0.2, 0.25) is 0 Å². The molecule has 0 aliphatic carbocycles. The monoisotopic (exact) mass is 204 g/mol. The van der Waals surface area contributed by atoms with Gasteiger partial charge in [0.2, 0.25) is 0 Å². The van der Waals surface area contributed by atoms with Gasteiger partial charge in [0.05, 0.1) is 0 Å². The van der Waals surface area contributed by atoms with Gasteiger partial charge in [-0.15, -0.1) is 0 Å². The van der Waals surface area contributed by atoms with Gasteiger partial charge in [-0.3, -0.25) is 0 Å². The van der Waals surface area contributed by atoms with Crippen molar-refractivity contribution in [3.63, 3.8) is 0 Å². The van der Waals surface area contributed by atoms with Gasteiger partial charge in [0, 0.05) is 10.1 Å². The first kappa shape index (κ1) is 7.79. The topological polar surface area (TPSA) is 26.3 Å². The zero-order chi connectivity index (χ0) is 7.72. The molecule has 0 amide bonds. The van der Waals surface area contributed by atoms with Crippen LogP contribution in [0.4, 0.5) is 0 Å². The summed E-state index contributed by atoms with van der Waals surface area (Å²) in [5, 5.41) is 0. The highest BCUT2D eigenvalue weighted by Gasteiger charge is 2.27. The van der Waals surface area contributed by atoms with Crippen LogP contribution in [0.1, 0.15) is 20.3 Å². The summed E-state index contributed by atoms with van der Waals surface area (Å²) in [6, 6.07) is 0. The maximum atomic E-state index is 10.8. The summed E-state index contributed by atoms with van der Waals surface area (Å²) in [7, 11) is 0. The molecule has 1 heterocycles. The molecule has 0 aromatic carbocycles. The third-order valence-electron chi connectivity index (χ3n) is 1.57. The number of halogens is 1. The first-order valence-electron chi connectivity index (χ1n) is 3.24. The number of hydrogen-bond acceptors (Lipinski definition) is 2. The number of rotatable bonds is 1. The summed E-state index contributed by atoms with van der Waals surface area (Å²) < 4.78 is 5.88. The molecule has 0 saturated carbocycles. The zero-order valence-corrected chi connectivity index (χ0v) is 7.56. The molecule has 3 heteroatoms. The number of cyclic esters (lactones) is 1. The number of hydrogen-bond donors (Lipinski definition) is 0. The van der Waals surface area contributed by atoms with E-state index in [4.69, 9.17) is 4.74 Å². The Hall–Kier alpha value is -0.310. The Morgan fingerprint density at radius 2 is 2.30 bits per heavy atom.